The first-order chi connectivity index (χ1) is 12.3. The number of benzene rings is 2. The molecule has 0 bridgehead atoms. The van der Waals surface area contributed by atoms with Crippen molar-refractivity contribution in [3.05, 3.63) is 72.1 Å². The van der Waals surface area contributed by atoms with Gasteiger partial charge in [0.2, 0.25) is 5.91 Å². The van der Waals surface area contributed by atoms with Crippen molar-refractivity contribution >= 4 is 27.7 Å². The molecule has 0 radical (unpaired) electrons. The first-order valence-corrected chi connectivity index (χ1v) is 8.36. The summed E-state index contributed by atoms with van der Waals surface area (Å²) in [4.78, 5) is 19.0. The molecule has 1 amide bonds. The Morgan fingerprint density at radius 2 is 1.60 bits per heavy atom. The van der Waals surface area contributed by atoms with Crippen LogP contribution in [0.4, 0.5) is 0 Å². The Labute approximate surface area is 145 Å². The first-order valence-electron chi connectivity index (χ1n) is 8.36. The Morgan fingerprint density at radius 3 is 2.36 bits per heavy atom. The van der Waals surface area contributed by atoms with Crippen LogP contribution < -0.4 is 11.1 Å². The van der Waals surface area contributed by atoms with Crippen LogP contribution in [0.25, 0.3) is 21.8 Å². The van der Waals surface area contributed by atoms with Gasteiger partial charge in [0.25, 0.3) is 0 Å². The van der Waals surface area contributed by atoms with Crippen LogP contribution in [0.3, 0.4) is 0 Å². The van der Waals surface area contributed by atoms with Crippen LogP contribution >= 0.6 is 0 Å². The Hall–Kier alpha value is -3.05. The minimum atomic E-state index is -0.214. The lowest BCUT2D eigenvalue weighted by molar-refractivity contribution is -0.121. The minimum absolute atomic E-state index is 0.0366. The second-order valence-electron chi connectivity index (χ2n) is 6.18. The fourth-order valence-electron chi connectivity index (χ4n) is 3.34. The van der Waals surface area contributed by atoms with Crippen molar-refractivity contribution in [3.63, 3.8) is 0 Å². The van der Waals surface area contributed by atoms with Crippen LogP contribution in [0.15, 0.2) is 60.9 Å². The largest absolute Gasteiger partial charge is 0.361 e. The van der Waals surface area contributed by atoms with E-state index in [1.807, 2.05) is 60.9 Å². The summed E-state index contributed by atoms with van der Waals surface area (Å²) < 4.78 is 0. The van der Waals surface area contributed by atoms with E-state index in [9.17, 15) is 4.79 Å². The molecule has 0 spiro atoms. The molecule has 5 heteroatoms. The maximum atomic E-state index is 12.6. The van der Waals surface area contributed by atoms with Gasteiger partial charge in [0.05, 0.1) is 12.5 Å². The summed E-state index contributed by atoms with van der Waals surface area (Å²) in [6.45, 7) is 0.349. The minimum Gasteiger partial charge on any atom is -0.361 e. The molecule has 0 saturated heterocycles. The SMILES string of the molecule is NCC(NC(=O)Cc1c[nH]c2ccccc12)c1c[nH]c2ccccc12. The lowest BCUT2D eigenvalue weighted by Crippen LogP contribution is -2.34. The number of H-pyrrole nitrogens is 2. The predicted octanol–water partition coefficient (Wildman–Crippen LogP) is 3.01. The maximum Gasteiger partial charge on any atom is 0.225 e. The fraction of sp³-hybridized carbons (Fsp3) is 0.150. The van der Waals surface area contributed by atoms with E-state index < -0.39 is 0 Å². The summed E-state index contributed by atoms with van der Waals surface area (Å²) in [5.41, 5.74) is 10.0. The van der Waals surface area contributed by atoms with E-state index in [0.717, 1.165) is 32.9 Å². The number of rotatable bonds is 5. The monoisotopic (exact) mass is 332 g/mol. The van der Waals surface area contributed by atoms with Gasteiger partial charge in [0, 0.05) is 46.3 Å². The molecule has 0 saturated carbocycles. The van der Waals surface area contributed by atoms with Gasteiger partial charge >= 0.3 is 0 Å². The topological polar surface area (TPSA) is 86.7 Å². The van der Waals surface area contributed by atoms with E-state index in [0.29, 0.717) is 13.0 Å². The zero-order valence-electron chi connectivity index (χ0n) is 13.8. The van der Waals surface area contributed by atoms with Gasteiger partial charge in [-0.05, 0) is 17.7 Å². The molecule has 0 aliphatic carbocycles. The second kappa shape index (κ2) is 6.45. The molecule has 1 atom stereocenters. The molecule has 2 aromatic carbocycles. The second-order valence-corrected chi connectivity index (χ2v) is 6.18. The van der Waals surface area contributed by atoms with Crippen LogP contribution in [0.5, 0.6) is 0 Å². The van der Waals surface area contributed by atoms with E-state index in [1.54, 1.807) is 0 Å². The molecule has 1 unspecified atom stereocenters. The highest BCUT2D eigenvalue weighted by Gasteiger charge is 2.17. The van der Waals surface area contributed by atoms with Crippen molar-refractivity contribution in [1.82, 2.24) is 15.3 Å². The first kappa shape index (κ1) is 15.5. The van der Waals surface area contributed by atoms with Gasteiger partial charge in [-0.15, -0.1) is 0 Å². The quantitative estimate of drug-likeness (QED) is 0.453. The molecule has 0 aliphatic heterocycles. The number of aromatic nitrogens is 2. The van der Waals surface area contributed by atoms with Crippen LogP contribution in [-0.2, 0) is 11.2 Å². The number of hydrogen-bond donors (Lipinski definition) is 4. The average Bonchev–Trinajstić information content (AvgIpc) is 3.24. The van der Waals surface area contributed by atoms with Gasteiger partial charge in [0.15, 0.2) is 0 Å². The molecule has 2 aromatic heterocycles. The van der Waals surface area contributed by atoms with E-state index >= 15 is 0 Å². The van der Waals surface area contributed by atoms with Crippen LogP contribution in [0.2, 0.25) is 0 Å². The van der Waals surface area contributed by atoms with Gasteiger partial charge < -0.3 is 21.0 Å². The normalized spacial score (nSPS) is 12.5. The molecule has 4 aromatic rings. The van der Waals surface area contributed by atoms with Gasteiger partial charge in [-0.1, -0.05) is 36.4 Å². The zero-order chi connectivity index (χ0) is 17.2. The lowest BCUT2D eigenvalue weighted by Gasteiger charge is -2.16. The number of carbonyl (C=O) groups is 1. The van der Waals surface area contributed by atoms with Crippen molar-refractivity contribution < 1.29 is 4.79 Å². The van der Waals surface area contributed by atoms with Crippen molar-refractivity contribution in [1.29, 1.82) is 0 Å². The summed E-state index contributed by atoms with van der Waals surface area (Å²) in [6.07, 6.45) is 4.14. The molecular weight excluding hydrogens is 312 g/mol. The Kier molecular flexibility index (Phi) is 3.99. The zero-order valence-corrected chi connectivity index (χ0v) is 13.8. The summed E-state index contributed by atoms with van der Waals surface area (Å²) in [6, 6.07) is 15.8. The Morgan fingerprint density at radius 1 is 0.960 bits per heavy atom. The van der Waals surface area contributed by atoms with E-state index in [1.165, 1.54) is 0 Å². The predicted molar refractivity (Wildman–Crippen MR) is 100 cm³/mol. The molecular formula is C20H20N4O. The van der Waals surface area contributed by atoms with E-state index in [-0.39, 0.29) is 11.9 Å². The number of hydrogen-bond acceptors (Lipinski definition) is 2. The molecule has 5 N–H and O–H groups in total. The summed E-state index contributed by atoms with van der Waals surface area (Å²) in [5.74, 6) is -0.0366. The van der Waals surface area contributed by atoms with Crippen LogP contribution in [0, 0.1) is 0 Å². The van der Waals surface area contributed by atoms with Crippen molar-refractivity contribution in [3.8, 4) is 0 Å². The molecule has 0 fully saturated rings. The van der Waals surface area contributed by atoms with Crippen molar-refractivity contribution in [2.75, 3.05) is 6.54 Å². The van der Waals surface area contributed by atoms with Gasteiger partial charge in [0.1, 0.15) is 0 Å². The van der Waals surface area contributed by atoms with Crippen molar-refractivity contribution in [2.24, 2.45) is 5.73 Å². The highest BCUT2D eigenvalue weighted by molar-refractivity contribution is 5.89. The average molecular weight is 332 g/mol. The molecule has 0 aliphatic rings. The highest BCUT2D eigenvalue weighted by atomic mass is 16.1. The van der Waals surface area contributed by atoms with Crippen molar-refractivity contribution in [2.45, 2.75) is 12.5 Å². The standard InChI is InChI=1S/C20H20N4O/c21-10-19(16-12-23-18-8-4-2-6-15(16)18)24-20(25)9-13-11-22-17-7-3-1-5-14(13)17/h1-8,11-12,19,22-23H,9-10,21H2,(H,24,25). The number of amides is 1. The number of carbonyl (C=O) groups excluding carboxylic acids is 1. The fourth-order valence-corrected chi connectivity index (χ4v) is 3.34. The number of aromatic amines is 2. The molecule has 5 nitrogen and oxygen atoms in total. The van der Waals surface area contributed by atoms with Gasteiger partial charge in [-0.25, -0.2) is 0 Å². The number of nitrogens with two attached hydrogens (primary N) is 1. The Balaban J connectivity index is 1.54. The third-order valence-electron chi connectivity index (χ3n) is 4.59. The summed E-state index contributed by atoms with van der Waals surface area (Å²) in [5, 5.41) is 5.23. The van der Waals surface area contributed by atoms with E-state index in [2.05, 4.69) is 15.3 Å². The number of nitrogens with one attached hydrogen (secondary N) is 3. The number of fused-ring (bicyclic) bond motifs is 2. The third-order valence-corrected chi connectivity index (χ3v) is 4.59. The van der Waals surface area contributed by atoms with Crippen LogP contribution in [0.1, 0.15) is 17.2 Å². The molecule has 126 valence electrons. The van der Waals surface area contributed by atoms with E-state index in [4.69, 9.17) is 5.73 Å². The van der Waals surface area contributed by atoms with Crippen LogP contribution in [-0.4, -0.2) is 22.4 Å². The Bertz CT molecular complexity index is 1030. The highest BCUT2D eigenvalue weighted by Crippen LogP contribution is 2.24. The van der Waals surface area contributed by atoms with Gasteiger partial charge in [-0.3, -0.25) is 4.79 Å². The third kappa shape index (κ3) is 2.90. The summed E-state index contributed by atoms with van der Waals surface area (Å²) in [7, 11) is 0. The molecule has 4 rings (SSSR count). The smallest absolute Gasteiger partial charge is 0.225 e. The molecule has 2 heterocycles. The summed E-state index contributed by atoms with van der Waals surface area (Å²) >= 11 is 0. The maximum absolute atomic E-state index is 12.6. The lowest BCUT2D eigenvalue weighted by atomic mass is 10.0. The molecule has 25 heavy (non-hydrogen) atoms. The van der Waals surface area contributed by atoms with Gasteiger partial charge in [-0.2, -0.15) is 0 Å². The number of para-hydroxylation sites is 2.